The summed E-state index contributed by atoms with van der Waals surface area (Å²) in [6.07, 6.45) is -3.25. The van der Waals surface area contributed by atoms with Crippen molar-refractivity contribution in [1.82, 2.24) is 4.67 Å². The van der Waals surface area contributed by atoms with Crippen molar-refractivity contribution in [3.8, 4) is 0 Å². The first-order valence-corrected chi connectivity index (χ1v) is 8.76. The Morgan fingerprint density at radius 2 is 2.00 bits per heavy atom. The van der Waals surface area contributed by atoms with Gasteiger partial charge in [0.05, 0.1) is 12.2 Å². The fraction of sp³-hybridized carbons (Fsp3) is 0.933. The maximum absolute atomic E-state index is 14.4. The van der Waals surface area contributed by atoms with Crippen molar-refractivity contribution in [2.45, 2.75) is 78.1 Å². The lowest BCUT2D eigenvalue weighted by Gasteiger charge is -2.37. The maximum atomic E-state index is 14.4. The normalized spacial score (nSPS) is 30.8. The summed E-state index contributed by atoms with van der Waals surface area (Å²) in [5.74, 6) is 0. The Hall–Kier alpha value is -0.310. The molecular weight excluding hydrogens is 306 g/mol. The Kier molecular flexibility index (Phi) is 7.46. The topological polar surface area (TPSA) is 35.3 Å². The third kappa shape index (κ3) is 5.11. The fourth-order valence-corrected chi connectivity index (χ4v) is 4.18. The Bertz CT molecular complexity index is 389. The first-order valence-electron chi connectivity index (χ1n) is 8.34. The Morgan fingerprint density at radius 3 is 2.50 bits per heavy atom. The van der Waals surface area contributed by atoms with Crippen molar-refractivity contribution < 1.29 is 19.5 Å². The first kappa shape index (κ1) is 18.0. The zero-order valence-corrected chi connectivity index (χ0v) is 14.9. The first-order chi connectivity index (χ1) is 10.8. The Labute approximate surface area is 136 Å². The Balaban J connectivity index is 2.88. The van der Waals surface area contributed by atoms with E-state index in [2.05, 4.69) is 9.52 Å². The zero-order chi connectivity index (χ0) is 17.6. The molecule has 0 radical (unpaired) electrons. The molecule has 0 N–H and O–H groups in total. The molecule has 1 rings (SSSR count). The van der Waals surface area contributed by atoms with Gasteiger partial charge in [-0.3, -0.25) is 0 Å². The van der Waals surface area contributed by atoms with Gasteiger partial charge in [-0.05, 0) is 41.5 Å². The molecule has 0 amide bonds. The second kappa shape index (κ2) is 9.10. The summed E-state index contributed by atoms with van der Waals surface area (Å²) in [4.78, 5) is 3.28. The van der Waals surface area contributed by atoms with Gasteiger partial charge in [-0.1, -0.05) is 0 Å². The highest BCUT2D eigenvalue weighted by molar-refractivity contribution is 7.44. The molecule has 7 heteroatoms. The van der Waals surface area contributed by atoms with Gasteiger partial charge in [0.25, 0.3) is 8.53 Å². The number of hydrogen-bond acceptors (Lipinski definition) is 4. The van der Waals surface area contributed by atoms with Gasteiger partial charge in [0.15, 0.2) is 6.17 Å². The lowest BCUT2D eigenvalue weighted by atomic mass is 10.1. The van der Waals surface area contributed by atoms with Crippen LogP contribution < -0.4 is 0 Å². The van der Waals surface area contributed by atoms with Crippen LogP contribution in [0.5, 0.6) is 0 Å². The van der Waals surface area contributed by atoms with E-state index in [-0.39, 0.29) is 32.1 Å². The minimum absolute atomic E-state index is 0.0516. The highest BCUT2D eigenvalue weighted by Gasteiger charge is 2.44. The summed E-state index contributed by atoms with van der Waals surface area (Å²) >= 11 is 0. The fourth-order valence-electron chi connectivity index (χ4n) is 2.42. The smallest absolute Gasteiger partial charge is 0.259 e. The van der Waals surface area contributed by atoms with Gasteiger partial charge >= 0.3 is 0 Å². The summed E-state index contributed by atoms with van der Waals surface area (Å²) in [5.41, 5.74) is 0. The van der Waals surface area contributed by atoms with Gasteiger partial charge in [0.1, 0.15) is 12.7 Å². The molecule has 1 aliphatic rings. The molecule has 5 atom stereocenters. The van der Waals surface area contributed by atoms with E-state index >= 15 is 0 Å². The molecule has 1 aliphatic heterocycles. The predicted octanol–water partition coefficient (Wildman–Crippen LogP) is 3.80. The number of halogens is 1. The van der Waals surface area contributed by atoms with E-state index in [0.29, 0.717) is 0 Å². The summed E-state index contributed by atoms with van der Waals surface area (Å²) in [5, 5.41) is 0. The monoisotopic (exact) mass is 335 g/mol. The van der Waals surface area contributed by atoms with Crippen LogP contribution in [0.25, 0.3) is 4.85 Å². The average molecular weight is 335 g/mol. The van der Waals surface area contributed by atoms with Gasteiger partial charge in [0, 0.05) is 13.5 Å². The quantitative estimate of drug-likeness (QED) is 0.384. The summed E-state index contributed by atoms with van der Waals surface area (Å²) < 4.78 is 41.2. The minimum Gasteiger partial charge on any atom is -0.370 e. The van der Waals surface area contributed by atoms with Crippen LogP contribution in [-0.2, 0) is 13.8 Å². The number of rotatable bonds is 8. The van der Waals surface area contributed by atoms with Crippen LogP contribution in [0.4, 0.5) is 4.39 Å². The third-order valence-corrected chi connectivity index (χ3v) is 5.51. The van der Waals surface area contributed by atoms with Gasteiger partial charge in [-0.2, -0.15) is 0 Å². The van der Waals surface area contributed by atoms with E-state index in [9.17, 15) is 4.39 Å². The van der Waals surface area contributed by atoms with Gasteiger partial charge in [0.2, 0.25) is 6.54 Å². The molecule has 1 saturated heterocycles. The molecule has 0 aliphatic carbocycles. The van der Waals surface area contributed by atoms with Crippen LogP contribution in [0.3, 0.4) is 0 Å². The van der Waals surface area contributed by atoms with Gasteiger partial charge in [-0.25, -0.2) is 15.6 Å². The van der Waals surface area contributed by atoms with Crippen molar-refractivity contribution in [2.75, 3.05) is 13.2 Å². The van der Waals surface area contributed by atoms with Crippen LogP contribution >= 0.6 is 8.53 Å². The molecule has 0 saturated carbocycles. The van der Waals surface area contributed by atoms with E-state index in [4.69, 9.17) is 21.7 Å². The van der Waals surface area contributed by atoms with Crippen LogP contribution in [0.15, 0.2) is 0 Å². The molecule has 0 spiro atoms. The van der Waals surface area contributed by atoms with Crippen molar-refractivity contribution in [3.63, 3.8) is 0 Å². The highest BCUT2D eigenvalue weighted by atomic mass is 31.2. The van der Waals surface area contributed by atoms with Crippen molar-refractivity contribution in [1.29, 1.82) is 0 Å². The molecule has 0 aromatic carbocycles. The summed E-state index contributed by atoms with van der Waals surface area (Å²) in [6, 6.07) is 0.308. The van der Waals surface area contributed by atoms with Crippen molar-refractivity contribution in [2.24, 2.45) is 0 Å². The lowest BCUT2D eigenvalue weighted by molar-refractivity contribution is 0.0298. The largest absolute Gasteiger partial charge is 0.370 e. The van der Waals surface area contributed by atoms with E-state index in [1.807, 2.05) is 27.7 Å². The third-order valence-electron chi connectivity index (χ3n) is 3.38. The van der Waals surface area contributed by atoms with E-state index < -0.39 is 33.0 Å². The number of alkyl halides is 1. The van der Waals surface area contributed by atoms with E-state index in [1.54, 1.807) is 6.92 Å². The number of nitrogens with zero attached hydrogens (tertiary/aromatic N) is 2. The second-order valence-corrected chi connectivity index (χ2v) is 7.32. The maximum Gasteiger partial charge on any atom is 0.259 e. The van der Waals surface area contributed by atoms with Crippen molar-refractivity contribution in [3.05, 3.63) is 11.4 Å². The molecule has 1 heterocycles. The molecule has 0 aromatic rings. The predicted molar refractivity (Wildman–Crippen MR) is 86.2 cm³/mol. The molecule has 1 unspecified atom stereocenters. The van der Waals surface area contributed by atoms with E-state index in [0.717, 1.165) is 0 Å². The summed E-state index contributed by atoms with van der Waals surface area (Å²) in [6.45, 7) is 17.1. The van der Waals surface area contributed by atoms with E-state index in [1.165, 1.54) is 0 Å². The summed E-state index contributed by atoms with van der Waals surface area (Å²) in [7, 11) is -1.52. The standard InChI is InChI=1S/C15H28FN2O3P/c1-10(2)18(11(3)4)22(19-9-8-17-7)21-15-13(6)20-12(5)14(15)16/h10-15H,8-9H2,1-6H3/t12-,13+,14-,15+,22?/m0/s1/i6D. The molecule has 128 valence electrons. The SMILES string of the molecule is [2H]C[C@H]1O[C@@H](C)[C@H](F)[C@@H]1OP(OCC[N+]#[C-])N(C(C)C)C(C)C. The number of hydrogen-bond donors (Lipinski definition) is 0. The van der Waals surface area contributed by atoms with Crippen LogP contribution in [0.2, 0.25) is 0 Å². The van der Waals surface area contributed by atoms with Crippen molar-refractivity contribution >= 4 is 8.53 Å². The van der Waals surface area contributed by atoms with Crippen LogP contribution in [0, 0.1) is 6.57 Å². The number of ether oxygens (including phenoxy) is 1. The molecule has 0 bridgehead atoms. The van der Waals surface area contributed by atoms with Crippen LogP contribution in [-0.4, -0.2) is 54.4 Å². The molecule has 0 aromatic heterocycles. The molecule has 22 heavy (non-hydrogen) atoms. The minimum atomic E-state index is -1.52. The van der Waals surface area contributed by atoms with Gasteiger partial charge in [-0.15, -0.1) is 0 Å². The van der Waals surface area contributed by atoms with Crippen LogP contribution in [0.1, 0.15) is 42.9 Å². The van der Waals surface area contributed by atoms with Gasteiger partial charge < -0.3 is 18.6 Å². The lowest BCUT2D eigenvalue weighted by Crippen LogP contribution is -2.37. The molecule has 1 fully saturated rings. The highest BCUT2D eigenvalue weighted by Crippen LogP contribution is 2.49. The Morgan fingerprint density at radius 1 is 1.36 bits per heavy atom. The molecular formula is C15H28FN2O3P. The average Bonchev–Trinajstić information content (AvgIpc) is 2.74. The molecule has 5 nitrogen and oxygen atoms in total. The zero-order valence-electron chi connectivity index (χ0n) is 15.0. The second-order valence-electron chi connectivity index (χ2n) is 5.91.